The molecular weight excluding hydrogens is 557 g/mol. The second-order valence-electron chi connectivity index (χ2n) is 9.88. The number of anilines is 2. The van der Waals surface area contributed by atoms with Gasteiger partial charge in [0.15, 0.2) is 4.96 Å². The normalized spacial score (nSPS) is 14.2. The van der Waals surface area contributed by atoms with Gasteiger partial charge in [-0.15, -0.1) is 11.3 Å². The summed E-state index contributed by atoms with van der Waals surface area (Å²) in [5.74, 6) is 0.876. The molecule has 9 nitrogen and oxygen atoms in total. The second-order valence-corrected chi connectivity index (χ2v) is 12.1. The Kier molecular flexibility index (Phi) is 7.01. The van der Waals surface area contributed by atoms with Crippen molar-refractivity contribution in [1.29, 1.82) is 0 Å². The lowest BCUT2D eigenvalue weighted by Gasteiger charge is -2.26. The third-order valence-electron chi connectivity index (χ3n) is 7.04. The molecule has 11 heteroatoms. The molecule has 0 atom stereocenters. The van der Waals surface area contributed by atoms with E-state index in [9.17, 15) is 4.79 Å². The SMILES string of the molecule is Cc1nc2cc(NC(=O)Nc3ccc(-c4cn5c(n4)sc4cc(OCCN6CCOCC6)ccc45)cc3)ccc2s1. The van der Waals surface area contributed by atoms with E-state index in [0.29, 0.717) is 18.0 Å². The maximum absolute atomic E-state index is 12.6. The molecule has 0 aliphatic carbocycles. The van der Waals surface area contributed by atoms with Gasteiger partial charge in [0.05, 0.1) is 44.3 Å². The zero-order valence-electron chi connectivity index (χ0n) is 22.4. The fourth-order valence-corrected chi connectivity index (χ4v) is 6.81. The van der Waals surface area contributed by atoms with Crippen molar-refractivity contribution < 1.29 is 14.3 Å². The van der Waals surface area contributed by atoms with Gasteiger partial charge in [0.2, 0.25) is 0 Å². The number of urea groups is 1. The van der Waals surface area contributed by atoms with E-state index < -0.39 is 0 Å². The van der Waals surface area contributed by atoms with Crippen LogP contribution in [-0.4, -0.2) is 64.8 Å². The quantitative estimate of drug-likeness (QED) is 0.223. The fourth-order valence-electron chi connectivity index (χ4n) is 4.97. The number of benzene rings is 3. The van der Waals surface area contributed by atoms with Crippen LogP contribution in [0.4, 0.5) is 16.2 Å². The first-order valence-corrected chi connectivity index (χ1v) is 15.1. The number of hydrogen-bond acceptors (Lipinski definition) is 8. The second kappa shape index (κ2) is 11.1. The zero-order chi connectivity index (χ0) is 27.8. The van der Waals surface area contributed by atoms with Crippen molar-refractivity contribution in [2.24, 2.45) is 0 Å². The number of thiazole rings is 2. The van der Waals surface area contributed by atoms with Crippen molar-refractivity contribution in [3.05, 3.63) is 71.9 Å². The Hall–Kier alpha value is -4.03. The Balaban J connectivity index is 0.991. The van der Waals surface area contributed by atoms with E-state index in [1.54, 1.807) is 22.7 Å². The third-order valence-corrected chi connectivity index (χ3v) is 9.01. The minimum Gasteiger partial charge on any atom is -0.492 e. The van der Waals surface area contributed by atoms with Gasteiger partial charge in [0.25, 0.3) is 0 Å². The number of rotatable bonds is 7. The maximum Gasteiger partial charge on any atom is 0.323 e. The first-order chi connectivity index (χ1) is 20.1. The molecule has 4 heterocycles. The van der Waals surface area contributed by atoms with Gasteiger partial charge in [-0.25, -0.2) is 14.8 Å². The Morgan fingerprint density at radius 2 is 1.76 bits per heavy atom. The van der Waals surface area contributed by atoms with Crippen molar-refractivity contribution >= 4 is 65.5 Å². The van der Waals surface area contributed by atoms with Crippen LogP contribution in [0.3, 0.4) is 0 Å². The molecule has 0 saturated carbocycles. The highest BCUT2D eigenvalue weighted by atomic mass is 32.1. The lowest BCUT2D eigenvalue weighted by molar-refractivity contribution is 0.0322. The molecule has 41 heavy (non-hydrogen) atoms. The van der Waals surface area contributed by atoms with Gasteiger partial charge in [-0.2, -0.15) is 0 Å². The van der Waals surface area contributed by atoms with Crippen LogP contribution < -0.4 is 15.4 Å². The van der Waals surface area contributed by atoms with Crippen LogP contribution in [0.5, 0.6) is 5.75 Å². The van der Waals surface area contributed by atoms with Crippen LogP contribution in [0.25, 0.3) is 36.7 Å². The lowest BCUT2D eigenvalue weighted by atomic mass is 10.1. The summed E-state index contributed by atoms with van der Waals surface area (Å²) in [6.07, 6.45) is 2.05. The zero-order valence-corrected chi connectivity index (χ0v) is 24.1. The van der Waals surface area contributed by atoms with Crippen LogP contribution >= 0.6 is 22.7 Å². The predicted molar refractivity (Wildman–Crippen MR) is 166 cm³/mol. The number of nitrogens with zero attached hydrogens (tertiary/aromatic N) is 4. The molecule has 2 amide bonds. The topological polar surface area (TPSA) is 93.0 Å². The number of fused-ring (bicyclic) bond motifs is 4. The minimum absolute atomic E-state index is 0.303. The van der Waals surface area contributed by atoms with Gasteiger partial charge in [-0.3, -0.25) is 9.30 Å². The highest BCUT2D eigenvalue weighted by Gasteiger charge is 2.13. The van der Waals surface area contributed by atoms with E-state index in [1.165, 1.54) is 0 Å². The number of morpholine rings is 1. The number of carbonyl (C=O) groups excluding carboxylic acids is 1. The van der Waals surface area contributed by atoms with Crippen molar-refractivity contribution in [2.75, 3.05) is 50.1 Å². The smallest absolute Gasteiger partial charge is 0.323 e. The molecule has 3 aromatic heterocycles. The standard InChI is InChI=1S/C30H28N6O3S2/c1-19-31-24-16-22(6-9-27(24)40-19)33-29(37)32-21-4-2-20(3-5-21)25-18-36-26-8-7-23(17-28(26)41-30(36)34-25)39-15-12-35-10-13-38-14-11-35/h2-9,16-18H,10-15H2,1H3,(H2,32,33,37). The molecule has 1 aliphatic heterocycles. The Morgan fingerprint density at radius 3 is 2.61 bits per heavy atom. The summed E-state index contributed by atoms with van der Waals surface area (Å²) in [7, 11) is 0. The van der Waals surface area contributed by atoms with Gasteiger partial charge in [-0.1, -0.05) is 23.5 Å². The van der Waals surface area contributed by atoms with Crippen molar-refractivity contribution in [3.63, 3.8) is 0 Å². The number of aromatic nitrogens is 3. The summed E-state index contributed by atoms with van der Waals surface area (Å²) in [6, 6.07) is 19.3. The van der Waals surface area contributed by atoms with Crippen molar-refractivity contribution in [2.45, 2.75) is 6.92 Å². The molecule has 6 aromatic rings. The van der Waals surface area contributed by atoms with E-state index in [1.807, 2.05) is 55.5 Å². The fraction of sp³-hybridized carbons (Fsp3) is 0.233. The molecule has 0 radical (unpaired) electrons. The van der Waals surface area contributed by atoms with Crippen LogP contribution in [0.2, 0.25) is 0 Å². The van der Waals surface area contributed by atoms with Crippen LogP contribution in [0, 0.1) is 6.92 Å². The summed E-state index contributed by atoms with van der Waals surface area (Å²) in [5, 5.41) is 6.78. The highest BCUT2D eigenvalue weighted by molar-refractivity contribution is 7.23. The van der Waals surface area contributed by atoms with Gasteiger partial charge < -0.3 is 20.1 Å². The molecule has 0 bridgehead atoms. The van der Waals surface area contributed by atoms with Crippen LogP contribution in [-0.2, 0) is 4.74 Å². The minimum atomic E-state index is -0.303. The first kappa shape index (κ1) is 25.9. The largest absolute Gasteiger partial charge is 0.492 e. The molecule has 7 rings (SSSR count). The summed E-state index contributed by atoms with van der Waals surface area (Å²) in [4.78, 5) is 25.2. The van der Waals surface area contributed by atoms with Crippen molar-refractivity contribution in [1.82, 2.24) is 19.3 Å². The summed E-state index contributed by atoms with van der Waals surface area (Å²) >= 11 is 3.28. The molecule has 2 N–H and O–H groups in total. The first-order valence-electron chi connectivity index (χ1n) is 13.5. The van der Waals surface area contributed by atoms with E-state index in [-0.39, 0.29) is 6.03 Å². The molecule has 0 spiro atoms. The molecule has 1 saturated heterocycles. The Bertz CT molecular complexity index is 1850. The molecule has 1 fully saturated rings. The van der Waals surface area contributed by atoms with Crippen molar-refractivity contribution in [3.8, 4) is 17.0 Å². The summed E-state index contributed by atoms with van der Waals surface area (Å²) < 4.78 is 15.8. The molecule has 208 valence electrons. The number of aryl methyl sites for hydroxylation is 1. The van der Waals surface area contributed by atoms with E-state index in [0.717, 1.165) is 80.3 Å². The van der Waals surface area contributed by atoms with E-state index in [2.05, 4.69) is 43.2 Å². The van der Waals surface area contributed by atoms with Crippen LogP contribution in [0.1, 0.15) is 5.01 Å². The molecule has 0 unspecified atom stereocenters. The number of ether oxygens (including phenoxy) is 2. The monoisotopic (exact) mass is 584 g/mol. The highest BCUT2D eigenvalue weighted by Crippen LogP contribution is 2.32. The van der Waals surface area contributed by atoms with E-state index in [4.69, 9.17) is 14.5 Å². The lowest BCUT2D eigenvalue weighted by Crippen LogP contribution is -2.38. The number of imidazole rings is 1. The average Bonchev–Trinajstić information content (AvgIpc) is 3.65. The third kappa shape index (κ3) is 5.62. The predicted octanol–water partition coefficient (Wildman–Crippen LogP) is 6.49. The summed E-state index contributed by atoms with van der Waals surface area (Å²) in [5.41, 5.74) is 5.25. The number of amides is 2. The summed E-state index contributed by atoms with van der Waals surface area (Å²) in [6.45, 7) is 7.07. The van der Waals surface area contributed by atoms with E-state index >= 15 is 0 Å². The maximum atomic E-state index is 12.6. The molecular formula is C30H28N6O3S2. The van der Waals surface area contributed by atoms with Gasteiger partial charge >= 0.3 is 6.03 Å². The average molecular weight is 585 g/mol. The van der Waals surface area contributed by atoms with Gasteiger partial charge in [-0.05, 0) is 55.5 Å². The van der Waals surface area contributed by atoms with Crippen LogP contribution in [0.15, 0.2) is 66.9 Å². The number of nitrogens with one attached hydrogen (secondary N) is 2. The van der Waals surface area contributed by atoms with Gasteiger partial charge in [0, 0.05) is 42.8 Å². The number of hydrogen-bond donors (Lipinski definition) is 2. The molecule has 3 aromatic carbocycles. The number of carbonyl (C=O) groups is 1. The Morgan fingerprint density at radius 1 is 0.951 bits per heavy atom. The van der Waals surface area contributed by atoms with Gasteiger partial charge in [0.1, 0.15) is 12.4 Å². The Labute approximate surface area is 244 Å². The molecule has 1 aliphatic rings.